The van der Waals surface area contributed by atoms with Gasteiger partial charge in [-0.2, -0.15) is 0 Å². The van der Waals surface area contributed by atoms with E-state index in [0.717, 1.165) is 13.1 Å². The second-order valence-corrected chi connectivity index (χ2v) is 5.18. The SMILES string of the molecule is CCC(=O)N(C)CCN(C)C1CCN(C)CC1. The van der Waals surface area contributed by atoms with Crippen LogP contribution in [0.3, 0.4) is 0 Å². The van der Waals surface area contributed by atoms with E-state index >= 15 is 0 Å². The standard InChI is InChI=1S/C13H27N3O/c1-5-13(17)16(4)11-10-15(3)12-6-8-14(2)9-7-12/h12H,5-11H2,1-4H3. The Bertz CT molecular complexity index is 237. The minimum absolute atomic E-state index is 0.238. The zero-order valence-electron chi connectivity index (χ0n) is 11.8. The molecule has 0 radical (unpaired) electrons. The molecule has 1 fully saturated rings. The van der Waals surface area contributed by atoms with Gasteiger partial charge < -0.3 is 14.7 Å². The van der Waals surface area contributed by atoms with Crippen molar-refractivity contribution in [3.8, 4) is 0 Å². The highest BCUT2D eigenvalue weighted by atomic mass is 16.2. The maximum absolute atomic E-state index is 11.4. The van der Waals surface area contributed by atoms with Crippen molar-refractivity contribution in [1.82, 2.24) is 14.7 Å². The van der Waals surface area contributed by atoms with Crippen molar-refractivity contribution in [1.29, 1.82) is 0 Å². The van der Waals surface area contributed by atoms with Gasteiger partial charge in [-0.05, 0) is 40.0 Å². The molecule has 0 unspecified atom stereocenters. The van der Waals surface area contributed by atoms with Gasteiger partial charge in [-0.15, -0.1) is 0 Å². The van der Waals surface area contributed by atoms with E-state index in [1.807, 2.05) is 18.9 Å². The number of hydrogen-bond acceptors (Lipinski definition) is 3. The first-order chi connectivity index (χ1) is 8.04. The number of hydrogen-bond donors (Lipinski definition) is 0. The van der Waals surface area contributed by atoms with Gasteiger partial charge in [0.05, 0.1) is 0 Å². The summed E-state index contributed by atoms with van der Waals surface area (Å²) in [5.74, 6) is 0.238. The van der Waals surface area contributed by atoms with Crippen molar-refractivity contribution in [2.75, 3.05) is 47.3 Å². The van der Waals surface area contributed by atoms with Crippen molar-refractivity contribution in [3.63, 3.8) is 0 Å². The van der Waals surface area contributed by atoms with Gasteiger partial charge in [-0.1, -0.05) is 6.92 Å². The molecule has 0 saturated carbocycles. The molecular formula is C13H27N3O. The van der Waals surface area contributed by atoms with Gasteiger partial charge >= 0.3 is 0 Å². The molecule has 1 aliphatic heterocycles. The Hall–Kier alpha value is -0.610. The number of likely N-dealkylation sites (tertiary alicyclic amines) is 1. The van der Waals surface area contributed by atoms with Crippen LogP contribution < -0.4 is 0 Å². The van der Waals surface area contributed by atoms with Crippen LogP contribution in [0.2, 0.25) is 0 Å². The van der Waals surface area contributed by atoms with Crippen LogP contribution in [0.4, 0.5) is 0 Å². The van der Waals surface area contributed by atoms with E-state index in [4.69, 9.17) is 0 Å². The normalized spacial score (nSPS) is 18.6. The molecule has 0 aromatic heterocycles. The minimum Gasteiger partial charge on any atom is -0.344 e. The van der Waals surface area contributed by atoms with Crippen LogP contribution in [0.1, 0.15) is 26.2 Å². The van der Waals surface area contributed by atoms with Crippen molar-refractivity contribution >= 4 is 5.91 Å². The number of likely N-dealkylation sites (N-methyl/N-ethyl adjacent to an activating group) is 2. The van der Waals surface area contributed by atoms with E-state index in [-0.39, 0.29) is 5.91 Å². The van der Waals surface area contributed by atoms with Crippen molar-refractivity contribution in [2.45, 2.75) is 32.2 Å². The summed E-state index contributed by atoms with van der Waals surface area (Å²) in [5, 5.41) is 0. The topological polar surface area (TPSA) is 26.8 Å². The smallest absolute Gasteiger partial charge is 0.222 e. The van der Waals surface area contributed by atoms with E-state index in [0.29, 0.717) is 12.5 Å². The molecule has 1 amide bonds. The fourth-order valence-electron chi connectivity index (χ4n) is 2.32. The summed E-state index contributed by atoms with van der Waals surface area (Å²) in [7, 11) is 6.26. The third-order valence-electron chi connectivity index (χ3n) is 3.83. The number of carbonyl (C=O) groups excluding carboxylic acids is 1. The quantitative estimate of drug-likeness (QED) is 0.715. The van der Waals surface area contributed by atoms with Crippen LogP contribution >= 0.6 is 0 Å². The zero-order valence-corrected chi connectivity index (χ0v) is 11.8. The molecule has 0 atom stereocenters. The summed E-state index contributed by atoms with van der Waals surface area (Å²) in [6.45, 7) is 6.13. The lowest BCUT2D eigenvalue weighted by molar-refractivity contribution is -0.129. The van der Waals surface area contributed by atoms with Crippen molar-refractivity contribution < 1.29 is 4.79 Å². The second-order valence-electron chi connectivity index (χ2n) is 5.18. The predicted molar refractivity (Wildman–Crippen MR) is 71.1 cm³/mol. The van der Waals surface area contributed by atoms with Gasteiger partial charge in [0.2, 0.25) is 5.91 Å². The summed E-state index contributed by atoms with van der Waals surface area (Å²) >= 11 is 0. The number of piperidine rings is 1. The van der Waals surface area contributed by atoms with Gasteiger partial charge in [0.15, 0.2) is 0 Å². The highest BCUT2D eigenvalue weighted by Crippen LogP contribution is 2.13. The maximum atomic E-state index is 11.4. The Morgan fingerprint density at radius 1 is 1.24 bits per heavy atom. The molecule has 17 heavy (non-hydrogen) atoms. The predicted octanol–water partition coefficient (Wildman–Crippen LogP) is 0.881. The maximum Gasteiger partial charge on any atom is 0.222 e. The average Bonchev–Trinajstić information content (AvgIpc) is 2.35. The first kappa shape index (κ1) is 14.5. The van der Waals surface area contributed by atoms with E-state index in [2.05, 4.69) is 23.9 Å². The number of nitrogens with zero attached hydrogens (tertiary/aromatic N) is 3. The molecule has 4 nitrogen and oxygen atoms in total. The third kappa shape index (κ3) is 4.64. The lowest BCUT2D eigenvalue weighted by Gasteiger charge is -2.35. The Kier molecular flexibility index (Phi) is 5.92. The summed E-state index contributed by atoms with van der Waals surface area (Å²) in [5.41, 5.74) is 0. The lowest BCUT2D eigenvalue weighted by Crippen LogP contribution is -2.44. The van der Waals surface area contributed by atoms with Crippen molar-refractivity contribution in [3.05, 3.63) is 0 Å². The monoisotopic (exact) mass is 241 g/mol. The molecule has 1 heterocycles. The molecule has 0 aromatic carbocycles. The fourth-order valence-corrected chi connectivity index (χ4v) is 2.32. The van der Waals surface area contributed by atoms with Gasteiger partial charge in [-0.3, -0.25) is 4.79 Å². The molecule has 0 aliphatic carbocycles. The molecule has 4 heteroatoms. The van der Waals surface area contributed by atoms with Crippen LogP contribution in [0, 0.1) is 0 Å². The lowest BCUT2D eigenvalue weighted by atomic mass is 10.0. The van der Waals surface area contributed by atoms with Crippen LogP contribution in [-0.2, 0) is 4.79 Å². The molecule has 1 rings (SSSR count). The van der Waals surface area contributed by atoms with Crippen LogP contribution in [-0.4, -0.2) is 74.0 Å². The Morgan fingerprint density at radius 2 is 1.82 bits per heavy atom. The van der Waals surface area contributed by atoms with Crippen LogP contribution in [0.25, 0.3) is 0 Å². The minimum atomic E-state index is 0.238. The molecule has 0 bridgehead atoms. The molecule has 0 aromatic rings. The van der Waals surface area contributed by atoms with E-state index < -0.39 is 0 Å². The highest BCUT2D eigenvalue weighted by Gasteiger charge is 2.20. The van der Waals surface area contributed by atoms with E-state index in [9.17, 15) is 4.79 Å². The molecule has 0 N–H and O–H groups in total. The Labute approximate surface area is 106 Å². The summed E-state index contributed by atoms with van der Waals surface area (Å²) in [6, 6.07) is 0.691. The summed E-state index contributed by atoms with van der Waals surface area (Å²) < 4.78 is 0. The van der Waals surface area contributed by atoms with Gasteiger partial charge in [0.1, 0.15) is 0 Å². The number of amides is 1. The highest BCUT2D eigenvalue weighted by molar-refractivity contribution is 5.75. The Morgan fingerprint density at radius 3 is 2.35 bits per heavy atom. The van der Waals surface area contributed by atoms with Crippen LogP contribution in [0.15, 0.2) is 0 Å². The average molecular weight is 241 g/mol. The second kappa shape index (κ2) is 6.97. The number of carbonyl (C=O) groups is 1. The first-order valence-electron chi connectivity index (χ1n) is 6.67. The van der Waals surface area contributed by atoms with Crippen molar-refractivity contribution in [2.24, 2.45) is 0 Å². The number of rotatable bonds is 5. The van der Waals surface area contributed by atoms with Gasteiger partial charge in [0.25, 0.3) is 0 Å². The third-order valence-corrected chi connectivity index (χ3v) is 3.83. The van der Waals surface area contributed by atoms with Gasteiger partial charge in [-0.25, -0.2) is 0 Å². The first-order valence-corrected chi connectivity index (χ1v) is 6.67. The van der Waals surface area contributed by atoms with Crippen LogP contribution in [0.5, 0.6) is 0 Å². The molecule has 100 valence electrons. The Balaban J connectivity index is 2.25. The van der Waals surface area contributed by atoms with E-state index in [1.165, 1.54) is 25.9 Å². The molecule has 1 aliphatic rings. The fraction of sp³-hybridized carbons (Fsp3) is 0.923. The summed E-state index contributed by atoms with van der Waals surface area (Å²) in [6.07, 6.45) is 3.10. The zero-order chi connectivity index (χ0) is 12.8. The largest absolute Gasteiger partial charge is 0.344 e. The summed E-state index contributed by atoms with van der Waals surface area (Å²) in [4.78, 5) is 18.1. The molecule has 0 spiro atoms. The van der Waals surface area contributed by atoms with E-state index in [1.54, 1.807) is 0 Å². The molecule has 1 saturated heterocycles. The van der Waals surface area contributed by atoms with Gasteiger partial charge in [0, 0.05) is 32.6 Å². The molecular weight excluding hydrogens is 214 g/mol.